The Balaban J connectivity index is 1.16. The lowest BCUT2D eigenvalue weighted by atomic mass is 9.65. The molecular weight excluding hydrogens is 498 g/mol. The van der Waals surface area contributed by atoms with Crippen LogP contribution in [-0.2, 0) is 19.1 Å². The second-order valence-corrected chi connectivity index (χ2v) is 12.5. The van der Waals surface area contributed by atoms with E-state index < -0.39 is 17.9 Å². The Morgan fingerprint density at radius 3 is 2.36 bits per heavy atom. The summed E-state index contributed by atoms with van der Waals surface area (Å²) in [5.74, 6) is -0.679. The number of hydrogen-bond donors (Lipinski definition) is 3. The largest absolute Gasteiger partial charge is 0.356 e. The number of aliphatic hydroxyl groups excluding tert-OH is 1. The first-order valence-corrected chi connectivity index (χ1v) is 14.3. The van der Waals surface area contributed by atoms with Crippen molar-refractivity contribution >= 4 is 17.7 Å². The maximum Gasteiger partial charge on any atom is 0.226 e. The molecule has 0 bridgehead atoms. The lowest BCUT2D eigenvalue weighted by Gasteiger charge is -2.47. The van der Waals surface area contributed by atoms with Gasteiger partial charge in [-0.15, -0.1) is 0 Å². The lowest BCUT2D eigenvalue weighted by molar-refractivity contribution is -0.246. The summed E-state index contributed by atoms with van der Waals surface area (Å²) < 4.78 is 5.71. The molecule has 1 aromatic rings. The molecule has 1 aromatic heterocycles. The van der Waals surface area contributed by atoms with Gasteiger partial charge in [0.1, 0.15) is 0 Å². The van der Waals surface area contributed by atoms with Gasteiger partial charge in [0.2, 0.25) is 24.1 Å². The van der Waals surface area contributed by atoms with Gasteiger partial charge in [0.25, 0.3) is 0 Å². The maximum absolute atomic E-state index is 12.9. The monoisotopic (exact) mass is 543 g/mol. The van der Waals surface area contributed by atoms with Crippen LogP contribution in [0.2, 0.25) is 0 Å². The molecule has 3 atom stereocenters. The number of likely N-dealkylation sites (tertiary alicyclic amines) is 2. The third kappa shape index (κ3) is 7.35. The van der Waals surface area contributed by atoms with E-state index >= 15 is 0 Å². The number of carbonyl (C=O) groups is 3. The number of piperidine rings is 1. The number of pyridine rings is 1. The number of carbonyl (C=O) groups excluding carboxylic acids is 3. The maximum atomic E-state index is 12.9. The first-order chi connectivity index (χ1) is 18.5. The lowest BCUT2D eigenvalue weighted by Crippen LogP contribution is -2.49. The van der Waals surface area contributed by atoms with Crippen LogP contribution in [0.4, 0.5) is 0 Å². The first kappa shape index (κ1) is 29.4. The molecule has 1 saturated carbocycles. The predicted octanol–water partition coefficient (Wildman–Crippen LogP) is 2.20. The van der Waals surface area contributed by atoms with E-state index in [1.807, 2.05) is 31.7 Å². The molecule has 216 valence electrons. The highest BCUT2D eigenvalue weighted by molar-refractivity contribution is 5.90. The van der Waals surface area contributed by atoms with E-state index in [-0.39, 0.29) is 41.5 Å². The first-order valence-electron chi connectivity index (χ1n) is 14.3. The van der Waals surface area contributed by atoms with Crippen LogP contribution in [-0.4, -0.2) is 82.9 Å². The highest BCUT2D eigenvalue weighted by atomic mass is 16.6. The normalized spacial score (nSPS) is 25.1. The molecule has 1 aliphatic carbocycles. The van der Waals surface area contributed by atoms with Crippen LogP contribution in [0.25, 0.3) is 0 Å². The van der Waals surface area contributed by atoms with Crippen molar-refractivity contribution in [3.05, 3.63) is 30.1 Å². The zero-order valence-corrected chi connectivity index (χ0v) is 23.8. The smallest absolute Gasteiger partial charge is 0.226 e. The Labute approximate surface area is 231 Å². The second-order valence-electron chi connectivity index (χ2n) is 12.5. The van der Waals surface area contributed by atoms with Crippen LogP contribution in [0.1, 0.15) is 77.3 Å². The van der Waals surface area contributed by atoms with Crippen LogP contribution < -0.4 is 10.6 Å². The standard InChI is InChI=1S/C29H45N5O5/c1-28(2,3)39-27(38)34-16-11-29(12-17-34)9-7-20(8-10-29)25(36)31-14-15-32-26(37)22-18-23(35)33(4)24(22)21-6-5-13-30-19-21/h5-6,13,19-20,22,24,27,38H,7-12,14-18H2,1-4H3,(H,31,36)(H,32,37)/t22-,24+,27?/m0/s1. The number of nitrogens with zero attached hydrogens (tertiary/aromatic N) is 3. The molecule has 3 fully saturated rings. The minimum atomic E-state index is -0.874. The fourth-order valence-corrected chi connectivity index (χ4v) is 6.36. The summed E-state index contributed by atoms with van der Waals surface area (Å²) in [5, 5.41) is 16.3. The number of ether oxygens (including phenoxy) is 1. The van der Waals surface area contributed by atoms with Crippen molar-refractivity contribution in [2.75, 3.05) is 33.2 Å². The molecule has 3 N–H and O–H groups in total. The van der Waals surface area contributed by atoms with Crippen LogP contribution in [0, 0.1) is 17.3 Å². The van der Waals surface area contributed by atoms with Gasteiger partial charge in [0, 0.05) is 58.0 Å². The van der Waals surface area contributed by atoms with Crippen molar-refractivity contribution < 1.29 is 24.2 Å². The van der Waals surface area contributed by atoms with E-state index in [9.17, 15) is 19.5 Å². The fourth-order valence-electron chi connectivity index (χ4n) is 6.36. The molecule has 2 aliphatic heterocycles. The van der Waals surface area contributed by atoms with Crippen LogP contribution >= 0.6 is 0 Å². The van der Waals surface area contributed by atoms with Gasteiger partial charge in [-0.05, 0) is 76.3 Å². The molecule has 10 heteroatoms. The van der Waals surface area contributed by atoms with E-state index in [0.29, 0.717) is 13.1 Å². The summed E-state index contributed by atoms with van der Waals surface area (Å²) >= 11 is 0. The summed E-state index contributed by atoms with van der Waals surface area (Å²) in [4.78, 5) is 45.8. The Bertz CT molecular complexity index is 995. The topological polar surface area (TPSA) is 124 Å². The highest BCUT2D eigenvalue weighted by Gasteiger charge is 2.43. The molecule has 3 heterocycles. The molecule has 1 unspecified atom stereocenters. The van der Waals surface area contributed by atoms with Crippen molar-refractivity contribution in [1.82, 2.24) is 25.4 Å². The van der Waals surface area contributed by atoms with Crippen molar-refractivity contribution in [3.63, 3.8) is 0 Å². The van der Waals surface area contributed by atoms with Gasteiger partial charge in [0.15, 0.2) is 0 Å². The van der Waals surface area contributed by atoms with Gasteiger partial charge in [-0.1, -0.05) is 6.07 Å². The van der Waals surface area contributed by atoms with Gasteiger partial charge in [-0.25, -0.2) is 0 Å². The fraction of sp³-hybridized carbons (Fsp3) is 0.724. The van der Waals surface area contributed by atoms with Crippen molar-refractivity contribution in [1.29, 1.82) is 0 Å². The van der Waals surface area contributed by atoms with Gasteiger partial charge < -0.3 is 25.4 Å². The number of aliphatic hydroxyl groups is 1. The zero-order valence-electron chi connectivity index (χ0n) is 23.8. The van der Waals surface area contributed by atoms with E-state index in [0.717, 1.165) is 57.2 Å². The molecule has 4 rings (SSSR count). The number of amides is 3. The summed E-state index contributed by atoms with van der Waals surface area (Å²) in [6, 6.07) is 3.35. The number of nitrogens with one attached hydrogen (secondary N) is 2. The molecule has 39 heavy (non-hydrogen) atoms. The molecule has 10 nitrogen and oxygen atoms in total. The predicted molar refractivity (Wildman–Crippen MR) is 146 cm³/mol. The van der Waals surface area contributed by atoms with Crippen molar-refractivity contribution in [2.24, 2.45) is 17.3 Å². The average molecular weight is 544 g/mol. The molecular formula is C29H45N5O5. The quantitative estimate of drug-likeness (QED) is 0.339. The molecule has 2 saturated heterocycles. The molecule has 1 spiro atoms. The number of aromatic nitrogens is 1. The van der Waals surface area contributed by atoms with Gasteiger partial charge in [-0.2, -0.15) is 0 Å². The minimum Gasteiger partial charge on any atom is -0.356 e. The Morgan fingerprint density at radius 2 is 1.77 bits per heavy atom. The molecule has 0 aromatic carbocycles. The summed E-state index contributed by atoms with van der Waals surface area (Å²) in [5.41, 5.74) is 0.700. The van der Waals surface area contributed by atoms with Gasteiger partial charge in [-0.3, -0.25) is 24.3 Å². The molecule has 3 amide bonds. The summed E-state index contributed by atoms with van der Waals surface area (Å²) in [7, 11) is 1.72. The van der Waals surface area contributed by atoms with Crippen LogP contribution in [0.5, 0.6) is 0 Å². The molecule has 0 radical (unpaired) electrons. The van der Waals surface area contributed by atoms with Crippen LogP contribution in [0.15, 0.2) is 24.5 Å². The van der Waals surface area contributed by atoms with E-state index in [1.54, 1.807) is 30.4 Å². The molecule has 3 aliphatic rings. The van der Waals surface area contributed by atoms with Crippen molar-refractivity contribution in [2.45, 2.75) is 83.8 Å². The summed E-state index contributed by atoms with van der Waals surface area (Å²) in [6.45, 7) is 8.12. The number of rotatable bonds is 8. The average Bonchev–Trinajstić information content (AvgIpc) is 3.20. The Morgan fingerprint density at radius 1 is 1.13 bits per heavy atom. The van der Waals surface area contributed by atoms with E-state index in [2.05, 4.69) is 15.6 Å². The SMILES string of the molecule is CN1C(=O)C[C@H](C(=O)NCCNC(=O)C2CCC3(CC2)CCN(C(O)OC(C)(C)C)CC3)[C@H]1c1cccnc1. The summed E-state index contributed by atoms with van der Waals surface area (Å²) in [6.07, 6.45) is 8.44. The minimum absolute atomic E-state index is 0.00441. The highest BCUT2D eigenvalue weighted by Crippen LogP contribution is 2.46. The van der Waals surface area contributed by atoms with Gasteiger partial charge in [0.05, 0.1) is 17.6 Å². The van der Waals surface area contributed by atoms with Crippen LogP contribution in [0.3, 0.4) is 0 Å². The van der Waals surface area contributed by atoms with E-state index in [1.165, 1.54) is 0 Å². The zero-order chi connectivity index (χ0) is 28.2. The Kier molecular flexibility index (Phi) is 9.29. The van der Waals surface area contributed by atoms with E-state index in [4.69, 9.17) is 4.74 Å². The number of hydrogen-bond acceptors (Lipinski definition) is 7. The second kappa shape index (κ2) is 12.3. The third-order valence-electron chi connectivity index (χ3n) is 8.72. The Hall–Kier alpha value is -2.56. The van der Waals surface area contributed by atoms with Gasteiger partial charge >= 0.3 is 0 Å². The third-order valence-corrected chi connectivity index (χ3v) is 8.72. The van der Waals surface area contributed by atoms with Crippen molar-refractivity contribution in [3.8, 4) is 0 Å².